The maximum absolute atomic E-state index is 12.4. The Balaban J connectivity index is 1.36. The second kappa shape index (κ2) is 10.2. The third-order valence-corrected chi connectivity index (χ3v) is 8.85. The van der Waals surface area contributed by atoms with Crippen LogP contribution in [0.5, 0.6) is 5.75 Å². The van der Waals surface area contributed by atoms with Crippen LogP contribution in [0.4, 0.5) is 23.0 Å². The normalized spacial score (nSPS) is 19.0. The zero-order valence-electron chi connectivity index (χ0n) is 24.5. The molecular formula is C32H34N8O2. The number of carbonyl (C=O) groups is 1. The maximum Gasteiger partial charge on any atom is 0.247 e. The Bertz CT molecular complexity index is 1790. The number of nitrogens with one attached hydrogen (secondary N) is 2. The van der Waals surface area contributed by atoms with Crippen LogP contribution in [-0.2, 0) is 11.8 Å². The largest absolute Gasteiger partial charge is 0.494 e. The van der Waals surface area contributed by atoms with Gasteiger partial charge in [-0.25, -0.2) is 9.97 Å². The average Bonchev–Trinajstić information content (AvgIpc) is 3.26. The minimum Gasteiger partial charge on any atom is -0.494 e. The molecule has 2 aliphatic rings. The number of fused-ring (bicyclic) bond motifs is 2. The number of benzene rings is 2. The number of nitrogens with zero attached hydrogens (tertiary/aromatic N) is 6. The van der Waals surface area contributed by atoms with Crippen molar-refractivity contribution in [3.8, 4) is 23.1 Å². The molecule has 2 fully saturated rings. The maximum atomic E-state index is 12.4. The number of ether oxygens (including phenoxy) is 1. The van der Waals surface area contributed by atoms with Gasteiger partial charge in [0, 0.05) is 49.0 Å². The fraction of sp³-hybridized carbons (Fsp3) is 0.312. The number of amides is 1. The van der Waals surface area contributed by atoms with Crippen molar-refractivity contribution in [2.45, 2.75) is 31.3 Å². The van der Waals surface area contributed by atoms with Gasteiger partial charge in [-0.1, -0.05) is 6.58 Å². The zero-order chi connectivity index (χ0) is 29.8. The van der Waals surface area contributed by atoms with Crippen LogP contribution in [-0.4, -0.2) is 64.7 Å². The first-order valence-corrected chi connectivity index (χ1v) is 13.9. The van der Waals surface area contributed by atoms with Gasteiger partial charge in [0.25, 0.3) is 0 Å². The Kier molecular flexibility index (Phi) is 6.62. The molecule has 6 rings (SSSR count). The molecular weight excluding hydrogens is 528 g/mol. The summed E-state index contributed by atoms with van der Waals surface area (Å²) in [6, 6.07) is 12.2. The Morgan fingerprint density at radius 1 is 1.29 bits per heavy atom. The summed E-state index contributed by atoms with van der Waals surface area (Å²) in [6.07, 6.45) is 7.21. The fourth-order valence-electron chi connectivity index (χ4n) is 6.48. The van der Waals surface area contributed by atoms with Crippen molar-refractivity contribution in [1.29, 1.82) is 5.26 Å². The number of hydrogen-bond donors (Lipinski definition) is 2. The van der Waals surface area contributed by atoms with Gasteiger partial charge in [0.15, 0.2) is 0 Å². The van der Waals surface area contributed by atoms with E-state index in [1.54, 1.807) is 13.3 Å². The topological polar surface area (TPSA) is 111 Å². The summed E-state index contributed by atoms with van der Waals surface area (Å²) in [6.45, 7) is 6.53. The molecule has 1 aliphatic carbocycles. The highest BCUT2D eigenvalue weighted by Gasteiger charge is 2.60. The second-order valence-corrected chi connectivity index (χ2v) is 11.3. The van der Waals surface area contributed by atoms with E-state index in [1.807, 2.05) is 49.0 Å². The monoisotopic (exact) mass is 562 g/mol. The number of methoxy groups -OCH3 is 1. The molecule has 214 valence electrons. The molecule has 2 N–H and O–H groups in total. The molecule has 1 amide bonds. The van der Waals surface area contributed by atoms with E-state index in [2.05, 4.69) is 58.2 Å². The van der Waals surface area contributed by atoms with E-state index >= 15 is 0 Å². The number of hydrogen-bond acceptors (Lipinski definition) is 8. The van der Waals surface area contributed by atoms with Crippen molar-refractivity contribution < 1.29 is 9.53 Å². The van der Waals surface area contributed by atoms with Crippen molar-refractivity contribution in [1.82, 2.24) is 19.4 Å². The molecule has 2 aromatic heterocycles. The van der Waals surface area contributed by atoms with Crippen molar-refractivity contribution in [3.05, 3.63) is 66.5 Å². The molecule has 0 radical (unpaired) electrons. The number of aryl methyl sites for hydroxylation is 2. The van der Waals surface area contributed by atoms with Gasteiger partial charge in [-0.05, 0) is 69.8 Å². The van der Waals surface area contributed by atoms with E-state index in [9.17, 15) is 10.1 Å². The molecule has 4 aromatic rings. The third-order valence-electron chi connectivity index (χ3n) is 8.85. The van der Waals surface area contributed by atoms with Crippen molar-refractivity contribution in [2.24, 2.45) is 7.05 Å². The fourth-order valence-corrected chi connectivity index (χ4v) is 6.48. The molecule has 0 bridgehead atoms. The van der Waals surface area contributed by atoms with E-state index in [0.717, 1.165) is 47.1 Å². The minimum absolute atomic E-state index is 0.171. The number of carbonyl (C=O) groups excluding carboxylic acids is 1. The Labute approximate surface area is 245 Å². The summed E-state index contributed by atoms with van der Waals surface area (Å²) < 4.78 is 7.77. The lowest BCUT2D eigenvalue weighted by molar-refractivity contribution is -0.111. The van der Waals surface area contributed by atoms with Crippen LogP contribution in [0.3, 0.4) is 0 Å². The van der Waals surface area contributed by atoms with Crippen LogP contribution >= 0.6 is 0 Å². The molecule has 2 aromatic carbocycles. The van der Waals surface area contributed by atoms with E-state index in [4.69, 9.17) is 9.72 Å². The highest BCUT2D eigenvalue weighted by Crippen LogP contribution is 2.53. The van der Waals surface area contributed by atoms with Gasteiger partial charge in [0.1, 0.15) is 11.8 Å². The summed E-state index contributed by atoms with van der Waals surface area (Å²) in [7, 11) is 7.82. The minimum atomic E-state index is -0.293. The molecule has 1 aliphatic heterocycles. The molecule has 10 nitrogen and oxygen atoms in total. The summed E-state index contributed by atoms with van der Waals surface area (Å²) in [4.78, 5) is 26.3. The van der Waals surface area contributed by atoms with Gasteiger partial charge in [0.2, 0.25) is 11.9 Å². The predicted octanol–water partition coefficient (Wildman–Crippen LogP) is 4.97. The Morgan fingerprint density at radius 3 is 2.74 bits per heavy atom. The highest BCUT2D eigenvalue weighted by atomic mass is 16.5. The Morgan fingerprint density at radius 2 is 2.10 bits per heavy atom. The molecule has 1 saturated heterocycles. The zero-order valence-corrected chi connectivity index (χ0v) is 24.5. The first kappa shape index (κ1) is 27.3. The van der Waals surface area contributed by atoms with Gasteiger partial charge in [-0.2, -0.15) is 5.26 Å². The van der Waals surface area contributed by atoms with Crippen molar-refractivity contribution >= 4 is 39.8 Å². The van der Waals surface area contributed by atoms with E-state index in [1.165, 1.54) is 6.08 Å². The predicted molar refractivity (Wildman–Crippen MR) is 165 cm³/mol. The van der Waals surface area contributed by atoms with Crippen molar-refractivity contribution in [2.75, 3.05) is 43.3 Å². The van der Waals surface area contributed by atoms with Crippen LogP contribution in [0.2, 0.25) is 0 Å². The molecule has 3 heterocycles. The summed E-state index contributed by atoms with van der Waals surface area (Å²) in [5.41, 5.74) is 6.41. The van der Waals surface area contributed by atoms with Gasteiger partial charge in [-0.3, -0.25) is 4.79 Å². The molecule has 2 atom stereocenters. The van der Waals surface area contributed by atoms with Crippen LogP contribution in [0, 0.1) is 18.3 Å². The van der Waals surface area contributed by atoms with Crippen molar-refractivity contribution in [3.63, 3.8) is 0 Å². The lowest BCUT2D eigenvalue weighted by atomic mass is 9.62. The average molecular weight is 563 g/mol. The standard InChI is InChI=1S/C32H34N8O2/c1-7-29(41)35-24-14-25(27(42-6)15-26(24)40-18-32(38(3)4)10-8-28(32)40)37-31-34-11-9-23(36-31)20-12-21(16-33)30-22(13-20)19(2)17-39(30)5/h7,9,11-15,17,28H,1,8,10,18H2,2-6H3,(H,35,41)(H,34,36,37). The van der Waals surface area contributed by atoms with Gasteiger partial charge in [0.05, 0.1) is 46.5 Å². The highest BCUT2D eigenvalue weighted by molar-refractivity contribution is 6.02. The first-order chi connectivity index (χ1) is 20.2. The van der Waals surface area contributed by atoms with Crippen LogP contribution in [0.1, 0.15) is 24.0 Å². The number of anilines is 4. The second-order valence-electron chi connectivity index (χ2n) is 11.3. The van der Waals surface area contributed by atoms with Gasteiger partial charge < -0.3 is 29.7 Å². The quantitative estimate of drug-likeness (QED) is 0.290. The summed E-state index contributed by atoms with van der Waals surface area (Å²) in [5.74, 6) is 0.668. The number of aromatic nitrogens is 3. The van der Waals surface area contributed by atoms with E-state index in [-0.39, 0.29) is 11.4 Å². The number of rotatable bonds is 8. The molecule has 42 heavy (non-hydrogen) atoms. The molecule has 10 heteroatoms. The number of nitriles is 1. The summed E-state index contributed by atoms with van der Waals surface area (Å²) >= 11 is 0. The number of likely N-dealkylation sites (N-methyl/N-ethyl adjacent to an activating group) is 1. The number of piperidine rings is 1. The first-order valence-electron chi connectivity index (χ1n) is 13.9. The van der Waals surface area contributed by atoms with Crippen LogP contribution < -0.4 is 20.3 Å². The Hall–Kier alpha value is -4.88. The SMILES string of the molecule is C=CC(=O)Nc1cc(Nc2nccc(-c3cc(C#N)c4c(c3)c(C)cn4C)n2)c(OC)cc1N1CC2(N(C)C)CCC12. The smallest absolute Gasteiger partial charge is 0.247 e. The summed E-state index contributed by atoms with van der Waals surface area (Å²) in [5, 5.41) is 17.1. The van der Waals surface area contributed by atoms with Gasteiger partial charge in [-0.15, -0.1) is 0 Å². The lowest BCUT2D eigenvalue weighted by Crippen LogP contribution is -2.81. The molecule has 1 saturated carbocycles. The third kappa shape index (κ3) is 4.25. The van der Waals surface area contributed by atoms with Gasteiger partial charge >= 0.3 is 0 Å². The van der Waals surface area contributed by atoms with Crippen LogP contribution in [0.25, 0.3) is 22.2 Å². The van der Waals surface area contributed by atoms with E-state index < -0.39 is 0 Å². The molecule has 2 unspecified atom stereocenters. The van der Waals surface area contributed by atoms with Crippen LogP contribution in [0.15, 0.2) is 55.4 Å². The van der Waals surface area contributed by atoms with E-state index in [0.29, 0.717) is 40.4 Å². The molecule has 0 spiro atoms. The lowest BCUT2D eigenvalue weighted by Gasteiger charge is -2.68.